The minimum absolute atomic E-state index is 0.0178. The maximum Gasteiger partial charge on any atom is 0.272 e. The molecule has 0 spiro atoms. The molecule has 1 aliphatic carbocycles. The maximum absolute atomic E-state index is 12.7. The molecule has 1 aromatic heterocycles. The van der Waals surface area contributed by atoms with Gasteiger partial charge in [-0.15, -0.1) is 0 Å². The highest BCUT2D eigenvalue weighted by molar-refractivity contribution is 5.92. The number of hydrogen-bond acceptors (Lipinski definition) is 4. The SMILES string of the molecule is O=C(c1ccnc(NC2CC2)n1)N1CCc2ccccc2C1. The number of nitrogens with zero attached hydrogens (tertiary/aromatic N) is 3. The van der Waals surface area contributed by atoms with E-state index < -0.39 is 0 Å². The van der Waals surface area contributed by atoms with Crippen molar-refractivity contribution in [3.63, 3.8) is 0 Å². The molecule has 1 fully saturated rings. The molecule has 1 aliphatic heterocycles. The van der Waals surface area contributed by atoms with Crippen molar-refractivity contribution in [2.24, 2.45) is 0 Å². The molecule has 1 amide bonds. The smallest absolute Gasteiger partial charge is 0.272 e. The fourth-order valence-electron chi connectivity index (χ4n) is 2.79. The van der Waals surface area contributed by atoms with E-state index in [0.717, 1.165) is 25.8 Å². The number of carbonyl (C=O) groups is 1. The molecule has 22 heavy (non-hydrogen) atoms. The van der Waals surface area contributed by atoms with Crippen LogP contribution in [0.4, 0.5) is 5.95 Å². The van der Waals surface area contributed by atoms with Gasteiger partial charge in [-0.3, -0.25) is 4.79 Å². The molecule has 112 valence electrons. The molecule has 2 aliphatic rings. The van der Waals surface area contributed by atoms with E-state index in [9.17, 15) is 4.79 Å². The van der Waals surface area contributed by atoms with E-state index in [4.69, 9.17) is 0 Å². The molecule has 1 aromatic carbocycles. The first-order valence-electron chi connectivity index (χ1n) is 7.75. The molecule has 2 aromatic rings. The topological polar surface area (TPSA) is 58.1 Å². The van der Waals surface area contributed by atoms with Crippen LogP contribution in [0.2, 0.25) is 0 Å². The van der Waals surface area contributed by atoms with Crippen LogP contribution in [0.5, 0.6) is 0 Å². The van der Waals surface area contributed by atoms with E-state index in [1.54, 1.807) is 12.3 Å². The number of fused-ring (bicyclic) bond motifs is 1. The first-order valence-corrected chi connectivity index (χ1v) is 7.75. The van der Waals surface area contributed by atoms with Crippen molar-refractivity contribution in [3.05, 3.63) is 53.3 Å². The Morgan fingerprint density at radius 2 is 2.00 bits per heavy atom. The molecule has 0 radical (unpaired) electrons. The van der Waals surface area contributed by atoms with Crippen molar-refractivity contribution >= 4 is 11.9 Å². The molecule has 1 saturated carbocycles. The van der Waals surface area contributed by atoms with Crippen LogP contribution < -0.4 is 5.32 Å². The maximum atomic E-state index is 12.7. The van der Waals surface area contributed by atoms with E-state index in [0.29, 0.717) is 24.2 Å². The highest BCUT2D eigenvalue weighted by Gasteiger charge is 2.24. The van der Waals surface area contributed by atoms with Gasteiger partial charge in [-0.25, -0.2) is 9.97 Å². The van der Waals surface area contributed by atoms with E-state index in [1.807, 2.05) is 11.0 Å². The average Bonchev–Trinajstić information content (AvgIpc) is 3.38. The van der Waals surface area contributed by atoms with Crippen LogP contribution in [0.3, 0.4) is 0 Å². The Kier molecular flexibility index (Phi) is 3.25. The number of carbonyl (C=O) groups excluding carboxylic acids is 1. The highest BCUT2D eigenvalue weighted by atomic mass is 16.2. The van der Waals surface area contributed by atoms with E-state index >= 15 is 0 Å². The van der Waals surface area contributed by atoms with Gasteiger partial charge in [-0.1, -0.05) is 24.3 Å². The second kappa shape index (κ2) is 5.40. The third kappa shape index (κ3) is 2.66. The Hall–Kier alpha value is -2.43. The first kappa shape index (κ1) is 13.2. The quantitative estimate of drug-likeness (QED) is 0.943. The summed E-state index contributed by atoms with van der Waals surface area (Å²) in [4.78, 5) is 23.1. The molecule has 5 nitrogen and oxygen atoms in total. The van der Waals surface area contributed by atoms with Crippen LogP contribution in [-0.2, 0) is 13.0 Å². The number of benzene rings is 1. The summed E-state index contributed by atoms with van der Waals surface area (Å²) in [5.41, 5.74) is 3.04. The standard InChI is InChI=1S/C17H18N4O/c22-16(15-7-9-18-17(20-15)19-14-5-6-14)21-10-8-12-3-1-2-4-13(12)11-21/h1-4,7,9,14H,5-6,8,10-11H2,(H,18,19,20). The summed E-state index contributed by atoms with van der Waals surface area (Å²) in [5, 5.41) is 3.24. The Morgan fingerprint density at radius 3 is 2.82 bits per heavy atom. The lowest BCUT2D eigenvalue weighted by Crippen LogP contribution is -2.36. The number of amides is 1. The lowest BCUT2D eigenvalue weighted by molar-refractivity contribution is 0.0728. The van der Waals surface area contributed by atoms with Crippen molar-refractivity contribution in [1.29, 1.82) is 0 Å². The zero-order valence-corrected chi connectivity index (χ0v) is 12.3. The number of hydrogen-bond donors (Lipinski definition) is 1. The van der Waals surface area contributed by atoms with E-state index in [1.165, 1.54) is 11.1 Å². The highest BCUT2D eigenvalue weighted by Crippen LogP contribution is 2.23. The largest absolute Gasteiger partial charge is 0.351 e. The van der Waals surface area contributed by atoms with Crippen molar-refractivity contribution in [2.75, 3.05) is 11.9 Å². The van der Waals surface area contributed by atoms with Gasteiger partial charge < -0.3 is 10.2 Å². The summed E-state index contributed by atoms with van der Waals surface area (Å²) >= 11 is 0. The molecule has 0 bridgehead atoms. The summed E-state index contributed by atoms with van der Waals surface area (Å²) in [6, 6.07) is 10.5. The van der Waals surface area contributed by atoms with Crippen LogP contribution in [0.1, 0.15) is 34.5 Å². The number of anilines is 1. The van der Waals surface area contributed by atoms with Gasteiger partial charge in [0.25, 0.3) is 5.91 Å². The van der Waals surface area contributed by atoms with Gasteiger partial charge in [0.05, 0.1) is 0 Å². The summed E-state index contributed by atoms with van der Waals surface area (Å²) < 4.78 is 0. The Bertz CT molecular complexity index is 711. The van der Waals surface area contributed by atoms with Crippen LogP contribution in [0.25, 0.3) is 0 Å². The number of aromatic nitrogens is 2. The van der Waals surface area contributed by atoms with Gasteiger partial charge in [-0.05, 0) is 36.5 Å². The molecular weight excluding hydrogens is 276 g/mol. The lowest BCUT2D eigenvalue weighted by atomic mass is 10.00. The summed E-state index contributed by atoms with van der Waals surface area (Å²) in [5.74, 6) is 0.543. The fraction of sp³-hybridized carbons (Fsp3) is 0.353. The van der Waals surface area contributed by atoms with Gasteiger partial charge in [0.1, 0.15) is 5.69 Å². The lowest BCUT2D eigenvalue weighted by Gasteiger charge is -2.28. The third-order valence-electron chi connectivity index (χ3n) is 4.20. The molecule has 1 N–H and O–H groups in total. The second-order valence-electron chi connectivity index (χ2n) is 5.93. The van der Waals surface area contributed by atoms with Gasteiger partial charge in [-0.2, -0.15) is 0 Å². The van der Waals surface area contributed by atoms with Gasteiger partial charge in [0, 0.05) is 25.3 Å². The number of nitrogens with one attached hydrogen (secondary N) is 1. The molecule has 0 atom stereocenters. The van der Waals surface area contributed by atoms with Gasteiger partial charge in [0.15, 0.2) is 0 Å². The Labute approximate surface area is 129 Å². The van der Waals surface area contributed by atoms with Crippen molar-refractivity contribution < 1.29 is 4.79 Å². The predicted octanol–water partition coefficient (Wildman–Crippen LogP) is 2.25. The average molecular weight is 294 g/mol. The van der Waals surface area contributed by atoms with Crippen molar-refractivity contribution in [3.8, 4) is 0 Å². The zero-order valence-electron chi connectivity index (χ0n) is 12.3. The summed E-state index contributed by atoms with van der Waals surface area (Å²) in [6.07, 6.45) is 4.87. The molecule has 5 heteroatoms. The van der Waals surface area contributed by atoms with Crippen LogP contribution in [0.15, 0.2) is 36.5 Å². The van der Waals surface area contributed by atoms with E-state index in [-0.39, 0.29) is 5.91 Å². The third-order valence-corrected chi connectivity index (χ3v) is 4.20. The predicted molar refractivity (Wildman–Crippen MR) is 83.6 cm³/mol. The van der Waals surface area contributed by atoms with Crippen LogP contribution >= 0.6 is 0 Å². The Morgan fingerprint density at radius 1 is 1.18 bits per heavy atom. The van der Waals surface area contributed by atoms with E-state index in [2.05, 4.69) is 33.5 Å². The van der Waals surface area contributed by atoms with Crippen LogP contribution in [-0.4, -0.2) is 33.4 Å². The molecule has 0 saturated heterocycles. The summed E-state index contributed by atoms with van der Waals surface area (Å²) in [7, 11) is 0. The van der Waals surface area contributed by atoms with Gasteiger partial charge in [0.2, 0.25) is 5.95 Å². The second-order valence-corrected chi connectivity index (χ2v) is 5.93. The molecule has 0 unspecified atom stereocenters. The molecule has 2 heterocycles. The fourth-order valence-corrected chi connectivity index (χ4v) is 2.79. The minimum atomic E-state index is -0.0178. The van der Waals surface area contributed by atoms with Crippen LogP contribution in [0, 0.1) is 0 Å². The van der Waals surface area contributed by atoms with Crippen molar-refractivity contribution in [2.45, 2.75) is 31.8 Å². The first-order chi connectivity index (χ1) is 10.8. The number of rotatable bonds is 3. The monoisotopic (exact) mass is 294 g/mol. The zero-order chi connectivity index (χ0) is 14.9. The minimum Gasteiger partial charge on any atom is -0.351 e. The normalized spacial score (nSPS) is 17.0. The van der Waals surface area contributed by atoms with Crippen molar-refractivity contribution in [1.82, 2.24) is 14.9 Å². The molecule has 4 rings (SSSR count). The summed E-state index contributed by atoms with van der Waals surface area (Å²) in [6.45, 7) is 1.40. The van der Waals surface area contributed by atoms with Gasteiger partial charge >= 0.3 is 0 Å². The Balaban J connectivity index is 1.52. The molecular formula is C17H18N4O.